The summed E-state index contributed by atoms with van der Waals surface area (Å²) in [5.41, 5.74) is 0.653. The normalized spacial score (nSPS) is 10.0. The number of H-pyrrole nitrogens is 1. The highest BCUT2D eigenvalue weighted by atomic mass is 35.5. The Morgan fingerprint density at radius 1 is 1.06 bits per heavy atom. The van der Waals surface area contributed by atoms with Gasteiger partial charge >= 0.3 is 0 Å². The first-order valence-electron chi connectivity index (χ1n) is 9.81. The van der Waals surface area contributed by atoms with Gasteiger partial charge in [-0.25, -0.2) is 13.8 Å². The smallest absolute Gasteiger partial charge is 0.269 e. The Morgan fingerprint density at radius 2 is 1.74 bits per heavy atom. The number of carbonyl (C=O) groups excluding carboxylic acids is 2. The van der Waals surface area contributed by atoms with Crippen molar-refractivity contribution in [2.75, 3.05) is 23.3 Å². The van der Waals surface area contributed by atoms with E-state index in [1.807, 2.05) is 26.0 Å². The summed E-state index contributed by atoms with van der Waals surface area (Å²) in [6.07, 6.45) is 1.69. The lowest BCUT2D eigenvalue weighted by Gasteiger charge is -2.19. The summed E-state index contributed by atoms with van der Waals surface area (Å²) in [6.45, 7) is 6.04. The van der Waals surface area contributed by atoms with E-state index in [1.54, 1.807) is 6.20 Å². The minimum absolute atomic E-state index is 0. The number of halogens is 5. The van der Waals surface area contributed by atoms with Gasteiger partial charge in [-0.1, -0.05) is 17.7 Å². The number of aromatic nitrogens is 3. The third kappa shape index (κ3) is 7.02. The fourth-order valence-electron chi connectivity index (χ4n) is 2.92. The number of nitrogens with zero attached hydrogens (tertiary/aromatic N) is 3. The van der Waals surface area contributed by atoms with Gasteiger partial charge in [0.1, 0.15) is 11.5 Å². The van der Waals surface area contributed by atoms with E-state index in [-0.39, 0.29) is 53.5 Å². The third-order valence-electron chi connectivity index (χ3n) is 4.67. The molecule has 34 heavy (non-hydrogen) atoms. The van der Waals surface area contributed by atoms with Gasteiger partial charge in [-0.15, -0.1) is 24.8 Å². The van der Waals surface area contributed by atoms with Crippen molar-refractivity contribution >= 4 is 59.9 Å². The maximum absolute atomic E-state index is 13.4. The Balaban J connectivity index is 0.00000289. The maximum atomic E-state index is 13.4. The summed E-state index contributed by atoms with van der Waals surface area (Å²) < 4.78 is 26.6. The fourth-order valence-corrected chi connectivity index (χ4v) is 3.15. The summed E-state index contributed by atoms with van der Waals surface area (Å²) in [7, 11) is 0. The zero-order valence-corrected chi connectivity index (χ0v) is 20.6. The minimum Gasteiger partial charge on any atom is -0.357 e. The van der Waals surface area contributed by atoms with Gasteiger partial charge in [0.05, 0.1) is 10.6 Å². The van der Waals surface area contributed by atoms with Crippen LogP contribution in [0, 0.1) is 11.6 Å². The predicted octanol–water partition coefficient (Wildman–Crippen LogP) is 4.61. The molecule has 184 valence electrons. The highest BCUT2D eigenvalue weighted by molar-refractivity contribution is 6.34. The molecule has 8 nitrogen and oxygen atoms in total. The van der Waals surface area contributed by atoms with E-state index < -0.39 is 23.4 Å². The SMILES string of the molecule is CCN(CC)c1ccc(CNC(=O)c2cc(NC(=O)c3cc(F)c(F)cc3Cl)n[nH]2)cn1.Cl.Cl. The molecule has 0 unspecified atom stereocenters. The largest absolute Gasteiger partial charge is 0.357 e. The van der Waals surface area contributed by atoms with Crippen LogP contribution in [0.15, 0.2) is 36.5 Å². The molecule has 2 aromatic heterocycles. The van der Waals surface area contributed by atoms with Gasteiger partial charge in [0, 0.05) is 31.9 Å². The zero-order valence-electron chi connectivity index (χ0n) is 18.2. The molecule has 0 aliphatic carbocycles. The maximum Gasteiger partial charge on any atom is 0.269 e. The summed E-state index contributed by atoms with van der Waals surface area (Å²) in [4.78, 5) is 31.1. The molecule has 13 heteroatoms. The van der Waals surface area contributed by atoms with Crippen molar-refractivity contribution in [2.45, 2.75) is 20.4 Å². The van der Waals surface area contributed by atoms with Crippen LogP contribution in [0.4, 0.5) is 20.4 Å². The van der Waals surface area contributed by atoms with Crippen LogP contribution in [-0.4, -0.2) is 40.1 Å². The molecule has 3 rings (SSSR count). The van der Waals surface area contributed by atoms with E-state index in [0.717, 1.165) is 24.5 Å². The van der Waals surface area contributed by atoms with E-state index in [1.165, 1.54) is 6.07 Å². The van der Waals surface area contributed by atoms with Crippen molar-refractivity contribution in [3.63, 3.8) is 0 Å². The molecule has 0 saturated heterocycles. The Morgan fingerprint density at radius 3 is 2.35 bits per heavy atom. The van der Waals surface area contributed by atoms with Crippen molar-refractivity contribution in [1.82, 2.24) is 20.5 Å². The molecule has 0 spiro atoms. The fraction of sp³-hybridized carbons (Fsp3) is 0.238. The van der Waals surface area contributed by atoms with Gasteiger partial charge in [0.15, 0.2) is 17.5 Å². The van der Waals surface area contributed by atoms with Crippen molar-refractivity contribution in [3.05, 3.63) is 70.0 Å². The Labute approximate surface area is 212 Å². The molecule has 0 radical (unpaired) electrons. The molecule has 0 bridgehead atoms. The first-order valence-corrected chi connectivity index (χ1v) is 10.2. The first-order chi connectivity index (χ1) is 15.3. The molecular weight excluding hydrogens is 513 g/mol. The number of anilines is 2. The van der Waals surface area contributed by atoms with Crippen molar-refractivity contribution in [1.29, 1.82) is 0 Å². The predicted molar refractivity (Wildman–Crippen MR) is 131 cm³/mol. The van der Waals surface area contributed by atoms with E-state index in [0.29, 0.717) is 12.1 Å². The minimum atomic E-state index is -1.21. The summed E-state index contributed by atoms with van der Waals surface area (Å²) in [6, 6.07) is 6.47. The van der Waals surface area contributed by atoms with Crippen LogP contribution in [0.5, 0.6) is 0 Å². The summed E-state index contributed by atoms with van der Waals surface area (Å²) >= 11 is 5.79. The van der Waals surface area contributed by atoms with Gasteiger partial charge in [0.2, 0.25) is 0 Å². The summed E-state index contributed by atoms with van der Waals surface area (Å²) in [5, 5.41) is 11.2. The number of aromatic amines is 1. The molecule has 3 N–H and O–H groups in total. The number of amides is 2. The van der Waals surface area contributed by atoms with Gasteiger partial charge in [-0.3, -0.25) is 14.7 Å². The average Bonchev–Trinajstić information content (AvgIpc) is 3.24. The van der Waals surface area contributed by atoms with Crippen molar-refractivity contribution in [3.8, 4) is 0 Å². The molecule has 3 aromatic rings. The molecular formula is C21H23Cl3F2N6O2. The average molecular weight is 536 g/mol. The lowest BCUT2D eigenvalue weighted by Crippen LogP contribution is -2.24. The van der Waals surface area contributed by atoms with Crippen LogP contribution < -0.4 is 15.5 Å². The molecule has 2 heterocycles. The van der Waals surface area contributed by atoms with Crippen molar-refractivity contribution in [2.24, 2.45) is 0 Å². The highest BCUT2D eigenvalue weighted by Crippen LogP contribution is 2.21. The van der Waals surface area contributed by atoms with Gasteiger partial charge in [-0.2, -0.15) is 5.10 Å². The van der Waals surface area contributed by atoms with Gasteiger partial charge in [-0.05, 0) is 37.6 Å². The lowest BCUT2D eigenvalue weighted by atomic mass is 10.2. The molecule has 0 atom stereocenters. The second kappa shape index (κ2) is 13.1. The Bertz CT molecular complexity index is 1120. The lowest BCUT2D eigenvalue weighted by molar-refractivity contribution is 0.0945. The number of rotatable bonds is 8. The molecule has 0 aliphatic heterocycles. The monoisotopic (exact) mass is 534 g/mol. The highest BCUT2D eigenvalue weighted by Gasteiger charge is 2.17. The van der Waals surface area contributed by atoms with E-state index in [4.69, 9.17) is 11.6 Å². The van der Waals surface area contributed by atoms with Crippen LogP contribution in [0.2, 0.25) is 5.02 Å². The van der Waals surface area contributed by atoms with E-state index in [9.17, 15) is 18.4 Å². The topological polar surface area (TPSA) is 103 Å². The quantitative estimate of drug-likeness (QED) is 0.366. The van der Waals surface area contributed by atoms with Crippen LogP contribution in [0.25, 0.3) is 0 Å². The number of hydrogen-bond acceptors (Lipinski definition) is 5. The van der Waals surface area contributed by atoms with E-state index in [2.05, 4.69) is 30.7 Å². The van der Waals surface area contributed by atoms with Gasteiger partial charge < -0.3 is 15.5 Å². The molecule has 0 aliphatic rings. The zero-order chi connectivity index (χ0) is 23.3. The summed E-state index contributed by atoms with van der Waals surface area (Å²) in [5.74, 6) is -2.74. The Kier molecular flexibility index (Phi) is 11.2. The van der Waals surface area contributed by atoms with Gasteiger partial charge in [0.25, 0.3) is 11.8 Å². The third-order valence-corrected chi connectivity index (χ3v) is 4.98. The number of benzene rings is 1. The van der Waals surface area contributed by atoms with E-state index >= 15 is 0 Å². The standard InChI is InChI=1S/C21H21ClF2N6O2.2ClH/c1-3-30(4-2)19-6-5-12(10-25-19)11-26-21(32)17-9-18(29-28-17)27-20(31)13-7-15(23)16(24)8-14(13)22;;/h5-10H,3-4,11H2,1-2H3,(H,26,32)(H2,27,28,29,31);2*1H. The molecule has 0 fully saturated rings. The number of pyridine rings is 1. The molecule has 0 saturated carbocycles. The molecule has 1 aromatic carbocycles. The van der Waals surface area contributed by atoms with Crippen LogP contribution in [-0.2, 0) is 6.54 Å². The second-order valence-corrected chi connectivity index (χ2v) is 7.15. The van der Waals surface area contributed by atoms with Crippen LogP contribution >= 0.6 is 36.4 Å². The Hall–Kier alpha value is -2.95. The second-order valence-electron chi connectivity index (χ2n) is 6.75. The number of carbonyl (C=O) groups is 2. The van der Waals surface area contributed by atoms with Crippen molar-refractivity contribution < 1.29 is 18.4 Å². The number of hydrogen-bond donors (Lipinski definition) is 3. The first kappa shape index (κ1) is 29.1. The van der Waals surface area contributed by atoms with Crippen LogP contribution in [0.1, 0.15) is 40.3 Å². The number of nitrogens with one attached hydrogen (secondary N) is 3. The van der Waals surface area contributed by atoms with Crippen LogP contribution in [0.3, 0.4) is 0 Å². The molecule has 2 amide bonds.